The first-order valence-electron chi connectivity index (χ1n) is 12.0. The molecule has 0 unspecified atom stereocenters. The fraction of sp³-hybridized carbons (Fsp3) is 0.194. The Labute approximate surface area is 211 Å². The van der Waals surface area contributed by atoms with Gasteiger partial charge in [-0.15, -0.1) is 0 Å². The summed E-state index contributed by atoms with van der Waals surface area (Å²) >= 11 is 0. The summed E-state index contributed by atoms with van der Waals surface area (Å²) in [5.41, 5.74) is 4.05. The molecule has 0 spiro atoms. The van der Waals surface area contributed by atoms with Gasteiger partial charge in [-0.05, 0) is 46.5 Å². The van der Waals surface area contributed by atoms with E-state index in [0.29, 0.717) is 31.3 Å². The number of esters is 1. The molecule has 0 N–H and O–H groups in total. The van der Waals surface area contributed by atoms with Gasteiger partial charge < -0.3 is 18.9 Å². The maximum Gasteiger partial charge on any atom is 0.314 e. The Kier molecular flexibility index (Phi) is 7.17. The number of benzene rings is 4. The Morgan fingerprint density at radius 1 is 0.722 bits per heavy atom. The molecule has 0 aliphatic carbocycles. The average molecular weight is 481 g/mol. The van der Waals surface area contributed by atoms with Gasteiger partial charge in [-0.25, -0.2) is 0 Å². The second-order valence-electron chi connectivity index (χ2n) is 8.74. The monoisotopic (exact) mass is 480 g/mol. The van der Waals surface area contributed by atoms with Crippen LogP contribution in [0.3, 0.4) is 0 Å². The molecule has 1 fully saturated rings. The van der Waals surface area contributed by atoms with E-state index in [4.69, 9.17) is 18.9 Å². The van der Waals surface area contributed by atoms with Crippen molar-refractivity contribution in [2.45, 2.75) is 25.0 Å². The number of methoxy groups -OCH3 is 1. The lowest BCUT2D eigenvalue weighted by Crippen LogP contribution is -2.13. The van der Waals surface area contributed by atoms with Gasteiger partial charge in [0, 0.05) is 5.92 Å². The zero-order valence-electron chi connectivity index (χ0n) is 20.1. The molecule has 1 aliphatic rings. The molecule has 0 radical (unpaired) electrons. The summed E-state index contributed by atoms with van der Waals surface area (Å²) in [5.74, 6) is 1.31. The lowest BCUT2D eigenvalue weighted by atomic mass is 9.83. The zero-order valence-corrected chi connectivity index (χ0v) is 20.1. The van der Waals surface area contributed by atoms with Crippen molar-refractivity contribution in [2.75, 3.05) is 13.7 Å². The van der Waals surface area contributed by atoms with E-state index in [1.54, 1.807) is 7.11 Å². The predicted molar refractivity (Wildman–Crippen MR) is 137 cm³/mol. The lowest BCUT2D eigenvalue weighted by molar-refractivity contribution is -0.139. The minimum Gasteiger partial charge on any atom is -0.493 e. The van der Waals surface area contributed by atoms with Gasteiger partial charge in [0.25, 0.3) is 0 Å². The highest BCUT2D eigenvalue weighted by atomic mass is 16.5. The molecule has 0 saturated carbocycles. The van der Waals surface area contributed by atoms with Crippen molar-refractivity contribution < 1.29 is 23.7 Å². The molecule has 4 aromatic rings. The van der Waals surface area contributed by atoms with E-state index in [-0.39, 0.29) is 11.9 Å². The maximum atomic E-state index is 12.7. The van der Waals surface area contributed by atoms with Crippen molar-refractivity contribution >= 4 is 5.97 Å². The molecule has 182 valence electrons. The van der Waals surface area contributed by atoms with Crippen LogP contribution in [0.25, 0.3) is 0 Å². The molecule has 5 heteroatoms. The molecule has 1 saturated heterocycles. The highest BCUT2D eigenvalue weighted by Gasteiger charge is 2.39. The van der Waals surface area contributed by atoms with E-state index in [1.165, 1.54) is 0 Å². The number of hydrogen-bond acceptors (Lipinski definition) is 5. The van der Waals surface area contributed by atoms with Crippen LogP contribution in [-0.2, 0) is 22.7 Å². The number of hydrogen-bond donors (Lipinski definition) is 0. The molecule has 1 aliphatic heterocycles. The van der Waals surface area contributed by atoms with E-state index in [9.17, 15) is 4.79 Å². The molecule has 0 aromatic heterocycles. The van der Waals surface area contributed by atoms with Gasteiger partial charge >= 0.3 is 5.97 Å². The van der Waals surface area contributed by atoms with Crippen LogP contribution < -0.4 is 14.2 Å². The fourth-order valence-corrected chi connectivity index (χ4v) is 4.46. The molecule has 4 aromatic carbocycles. The smallest absolute Gasteiger partial charge is 0.314 e. The van der Waals surface area contributed by atoms with Crippen LogP contribution in [0.1, 0.15) is 34.1 Å². The summed E-state index contributed by atoms with van der Waals surface area (Å²) < 4.78 is 23.0. The molecule has 0 bridgehead atoms. The third kappa shape index (κ3) is 5.36. The average Bonchev–Trinajstić information content (AvgIpc) is 3.33. The Morgan fingerprint density at radius 3 is 1.97 bits per heavy atom. The number of cyclic esters (lactones) is 1. The van der Waals surface area contributed by atoms with E-state index in [1.807, 2.05) is 103 Å². The first kappa shape index (κ1) is 23.5. The molecule has 1 heterocycles. The molecule has 5 nitrogen and oxygen atoms in total. The van der Waals surface area contributed by atoms with E-state index in [0.717, 1.165) is 28.0 Å². The Hall–Kier alpha value is -4.25. The number of ether oxygens (including phenoxy) is 4. The maximum absolute atomic E-state index is 12.7. The van der Waals surface area contributed by atoms with Crippen LogP contribution in [0.15, 0.2) is 103 Å². The summed E-state index contributed by atoms with van der Waals surface area (Å²) in [5, 5.41) is 0. The van der Waals surface area contributed by atoms with E-state index < -0.39 is 5.92 Å². The third-order valence-electron chi connectivity index (χ3n) is 6.40. The summed E-state index contributed by atoms with van der Waals surface area (Å²) in [6.07, 6.45) is 0. The highest BCUT2D eigenvalue weighted by Crippen LogP contribution is 2.42. The number of carbonyl (C=O) groups excluding carboxylic acids is 1. The van der Waals surface area contributed by atoms with Crippen molar-refractivity contribution in [3.8, 4) is 17.2 Å². The molecule has 2 atom stereocenters. The summed E-state index contributed by atoms with van der Waals surface area (Å²) in [6, 6.07) is 33.5. The van der Waals surface area contributed by atoms with Gasteiger partial charge in [-0.3, -0.25) is 4.79 Å². The first-order chi connectivity index (χ1) is 17.7. The van der Waals surface area contributed by atoms with E-state index >= 15 is 0 Å². The Morgan fingerprint density at radius 2 is 1.33 bits per heavy atom. The molecule has 36 heavy (non-hydrogen) atoms. The summed E-state index contributed by atoms with van der Waals surface area (Å²) in [7, 11) is 1.62. The fourth-order valence-electron chi connectivity index (χ4n) is 4.46. The zero-order chi connectivity index (χ0) is 24.7. The van der Waals surface area contributed by atoms with Crippen molar-refractivity contribution in [2.24, 2.45) is 0 Å². The Bertz CT molecular complexity index is 1290. The second kappa shape index (κ2) is 11.0. The van der Waals surface area contributed by atoms with Gasteiger partial charge in [0.05, 0.1) is 19.6 Å². The van der Waals surface area contributed by atoms with Crippen LogP contribution in [0.5, 0.6) is 17.2 Å². The van der Waals surface area contributed by atoms with Gasteiger partial charge in [0.15, 0.2) is 11.5 Å². The number of carbonyl (C=O) groups is 1. The molecule has 0 amide bonds. The minimum absolute atomic E-state index is 0.120. The van der Waals surface area contributed by atoms with Gasteiger partial charge in [0.1, 0.15) is 19.0 Å². The van der Waals surface area contributed by atoms with Crippen LogP contribution in [-0.4, -0.2) is 19.7 Å². The van der Waals surface area contributed by atoms with Crippen LogP contribution >= 0.6 is 0 Å². The lowest BCUT2D eigenvalue weighted by Gasteiger charge is -2.19. The van der Waals surface area contributed by atoms with Crippen molar-refractivity contribution in [1.29, 1.82) is 0 Å². The summed E-state index contributed by atoms with van der Waals surface area (Å²) in [4.78, 5) is 12.7. The molecular weight excluding hydrogens is 452 g/mol. The molecular formula is C31H28O5. The Balaban J connectivity index is 1.30. The van der Waals surface area contributed by atoms with Crippen molar-refractivity contribution in [3.63, 3.8) is 0 Å². The first-order valence-corrected chi connectivity index (χ1v) is 12.0. The van der Waals surface area contributed by atoms with Crippen LogP contribution in [0, 0.1) is 0 Å². The van der Waals surface area contributed by atoms with Crippen LogP contribution in [0.2, 0.25) is 0 Å². The number of rotatable bonds is 9. The van der Waals surface area contributed by atoms with Gasteiger partial charge in [-0.2, -0.15) is 0 Å². The predicted octanol–water partition coefficient (Wildman–Crippen LogP) is 6.28. The topological polar surface area (TPSA) is 54.0 Å². The minimum atomic E-state index is -0.394. The third-order valence-corrected chi connectivity index (χ3v) is 6.40. The SMILES string of the molecule is COc1cc([C@@H]2COC(=O)[C@H]2c2ccc(OCc3ccccc3)cc2)ccc1OCc1ccccc1. The standard InChI is InChI=1S/C31H28O5/c1-33-29-18-25(14-17-28(29)35-20-23-10-6-3-7-11-23)27-21-36-31(32)30(27)24-12-15-26(16-13-24)34-19-22-8-4-2-5-9-22/h2-18,27,30H,19-21H2,1H3/t27-,30-/m0/s1. The van der Waals surface area contributed by atoms with Crippen molar-refractivity contribution in [3.05, 3.63) is 125 Å². The van der Waals surface area contributed by atoms with Gasteiger partial charge in [-0.1, -0.05) is 78.9 Å². The molecule has 5 rings (SSSR count). The normalized spacial score (nSPS) is 16.9. The summed E-state index contributed by atoms with van der Waals surface area (Å²) in [6.45, 7) is 1.26. The second-order valence-corrected chi connectivity index (χ2v) is 8.74. The van der Waals surface area contributed by atoms with Crippen molar-refractivity contribution in [1.82, 2.24) is 0 Å². The highest BCUT2D eigenvalue weighted by molar-refractivity contribution is 5.82. The van der Waals surface area contributed by atoms with Crippen LogP contribution in [0.4, 0.5) is 0 Å². The van der Waals surface area contributed by atoms with E-state index in [2.05, 4.69) is 0 Å². The quantitative estimate of drug-likeness (QED) is 0.264. The van der Waals surface area contributed by atoms with Gasteiger partial charge in [0.2, 0.25) is 0 Å². The largest absolute Gasteiger partial charge is 0.493 e.